The molecule has 0 bridgehead atoms. The number of carboxylic acids is 1. The van der Waals surface area contributed by atoms with Crippen molar-refractivity contribution < 1.29 is 19.4 Å². The number of carboxylic acid groups (broad SMARTS) is 1. The second-order valence-corrected chi connectivity index (χ2v) is 4.66. The number of benzene rings is 1. The maximum atomic E-state index is 12.0. The van der Waals surface area contributed by atoms with Crippen molar-refractivity contribution in [2.45, 2.75) is 32.2 Å². The minimum absolute atomic E-state index is 0.326. The zero-order chi connectivity index (χ0) is 15.9. The van der Waals surface area contributed by atoms with Crippen molar-refractivity contribution in [3.63, 3.8) is 0 Å². The quantitative estimate of drug-likeness (QED) is 0.757. The molecule has 0 aliphatic rings. The summed E-state index contributed by atoms with van der Waals surface area (Å²) >= 11 is 0. The summed E-state index contributed by atoms with van der Waals surface area (Å²) in [6.07, 6.45) is 3.58. The van der Waals surface area contributed by atoms with Gasteiger partial charge in [0, 0.05) is 11.6 Å². The van der Waals surface area contributed by atoms with Crippen LogP contribution in [0.1, 0.15) is 32.3 Å². The summed E-state index contributed by atoms with van der Waals surface area (Å²) < 4.78 is 5.18. The van der Waals surface area contributed by atoms with Gasteiger partial charge in [0.2, 0.25) is 5.91 Å². The fourth-order valence-electron chi connectivity index (χ4n) is 2.03. The molecule has 0 radical (unpaired) electrons. The molecule has 1 rings (SSSR count). The summed E-state index contributed by atoms with van der Waals surface area (Å²) in [5.74, 6) is -0.810. The second-order valence-electron chi connectivity index (χ2n) is 4.66. The van der Waals surface area contributed by atoms with Crippen LogP contribution in [-0.4, -0.2) is 29.6 Å². The molecular weight excluding hydrogens is 270 g/mol. The van der Waals surface area contributed by atoms with Crippen LogP contribution in [0.25, 0.3) is 6.08 Å². The van der Waals surface area contributed by atoms with Crippen LogP contribution in [0.4, 0.5) is 0 Å². The van der Waals surface area contributed by atoms with Crippen LogP contribution in [-0.2, 0) is 9.59 Å². The number of nitrogens with one attached hydrogen (secondary N) is 1. The predicted molar refractivity (Wildman–Crippen MR) is 81.1 cm³/mol. The second kappa shape index (κ2) is 7.47. The Morgan fingerprint density at radius 2 is 1.90 bits per heavy atom. The summed E-state index contributed by atoms with van der Waals surface area (Å²) in [6, 6.07) is 7.27. The SMILES string of the molecule is CCC(CC)(NC(=O)C=Cc1ccccc1OC)C(=O)O. The highest BCUT2D eigenvalue weighted by Gasteiger charge is 2.35. The van der Waals surface area contributed by atoms with Crippen molar-refractivity contribution in [2.24, 2.45) is 0 Å². The van der Waals surface area contributed by atoms with Crippen LogP contribution in [0.2, 0.25) is 0 Å². The standard InChI is InChI=1S/C16H21NO4/c1-4-16(5-2,15(19)20)17-14(18)11-10-12-8-6-7-9-13(12)21-3/h6-11H,4-5H2,1-3H3,(H,17,18)(H,19,20). The van der Waals surface area contributed by atoms with E-state index in [1.807, 2.05) is 18.2 Å². The first-order chi connectivity index (χ1) is 9.99. The van der Waals surface area contributed by atoms with E-state index < -0.39 is 17.4 Å². The molecule has 0 saturated heterocycles. The third-order valence-corrected chi connectivity index (χ3v) is 3.53. The number of ether oxygens (including phenoxy) is 1. The molecule has 1 amide bonds. The van der Waals surface area contributed by atoms with Crippen molar-refractivity contribution >= 4 is 18.0 Å². The lowest BCUT2D eigenvalue weighted by atomic mass is 9.93. The maximum absolute atomic E-state index is 12.0. The van der Waals surface area contributed by atoms with Crippen molar-refractivity contribution in [3.8, 4) is 5.75 Å². The van der Waals surface area contributed by atoms with E-state index in [-0.39, 0.29) is 0 Å². The first kappa shape index (κ1) is 16.8. The molecular formula is C16H21NO4. The van der Waals surface area contributed by atoms with Gasteiger partial charge in [0.1, 0.15) is 11.3 Å². The lowest BCUT2D eigenvalue weighted by molar-refractivity contribution is -0.147. The zero-order valence-corrected chi connectivity index (χ0v) is 12.6. The van der Waals surface area contributed by atoms with Gasteiger partial charge in [-0.3, -0.25) is 4.79 Å². The number of carbonyl (C=O) groups is 2. The van der Waals surface area contributed by atoms with Gasteiger partial charge in [-0.15, -0.1) is 0 Å². The van der Waals surface area contributed by atoms with E-state index in [1.165, 1.54) is 6.08 Å². The number of carbonyl (C=O) groups excluding carboxylic acids is 1. The number of hydrogen-bond donors (Lipinski definition) is 2. The number of amides is 1. The third kappa shape index (κ3) is 4.08. The molecule has 0 aromatic heterocycles. The maximum Gasteiger partial charge on any atom is 0.329 e. The number of para-hydroxylation sites is 1. The first-order valence-corrected chi connectivity index (χ1v) is 6.85. The summed E-state index contributed by atoms with van der Waals surface area (Å²) in [5.41, 5.74) is -0.466. The van der Waals surface area contributed by atoms with Gasteiger partial charge >= 0.3 is 5.97 Å². The Labute approximate surface area is 124 Å². The molecule has 0 saturated carbocycles. The van der Waals surface area contributed by atoms with Gasteiger partial charge < -0.3 is 15.2 Å². The minimum atomic E-state index is -1.22. The van der Waals surface area contributed by atoms with Crippen LogP contribution >= 0.6 is 0 Å². The molecule has 0 spiro atoms. The van der Waals surface area contributed by atoms with E-state index in [4.69, 9.17) is 4.74 Å². The monoisotopic (exact) mass is 291 g/mol. The van der Waals surface area contributed by atoms with Gasteiger partial charge in [0.15, 0.2) is 0 Å². The summed E-state index contributed by atoms with van der Waals surface area (Å²) in [6.45, 7) is 3.48. The van der Waals surface area contributed by atoms with Gasteiger partial charge in [-0.05, 0) is 25.0 Å². The van der Waals surface area contributed by atoms with Gasteiger partial charge in [-0.1, -0.05) is 32.0 Å². The molecule has 1 aromatic carbocycles. The average molecular weight is 291 g/mol. The largest absolute Gasteiger partial charge is 0.496 e. The van der Waals surface area contributed by atoms with E-state index in [1.54, 1.807) is 33.1 Å². The molecule has 0 aliphatic carbocycles. The first-order valence-electron chi connectivity index (χ1n) is 6.85. The topological polar surface area (TPSA) is 75.6 Å². The lowest BCUT2D eigenvalue weighted by Crippen LogP contribution is -2.53. The number of hydrogen-bond acceptors (Lipinski definition) is 3. The van der Waals surface area contributed by atoms with Crippen molar-refractivity contribution in [1.82, 2.24) is 5.32 Å². The molecule has 2 N–H and O–H groups in total. The lowest BCUT2D eigenvalue weighted by Gasteiger charge is -2.27. The average Bonchev–Trinajstić information content (AvgIpc) is 2.50. The Morgan fingerprint density at radius 1 is 1.29 bits per heavy atom. The van der Waals surface area contributed by atoms with Gasteiger partial charge in [0.25, 0.3) is 0 Å². The molecule has 0 atom stereocenters. The minimum Gasteiger partial charge on any atom is -0.496 e. The molecule has 0 heterocycles. The molecule has 0 aliphatic heterocycles. The number of rotatable bonds is 7. The van der Waals surface area contributed by atoms with E-state index in [0.717, 1.165) is 5.56 Å². The fourth-order valence-corrected chi connectivity index (χ4v) is 2.03. The van der Waals surface area contributed by atoms with E-state index >= 15 is 0 Å². The molecule has 0 fully saturated rings. The van der Waals surface area contributed by atoms with Gasteiger partial charge in [-0.25, -0.2) is 4.79 Å². The molecule has 1 aromatic rings. The van der Waals surface area contributed by atoms with E-state index in [0.29, 0.717) is 18.6 Å². The van der Waals surface area contributed by atoms with Crippen LogP contribution in [0.5, 0.6) is 5.75 Å². The van der Waals surface area contributed by atoms with Crippen molar-refractivity contribution in [3.05, 3.63) is 35.9 Å². The molecule has 114 valence electrons. The Balaban J connectivity index is 2.86. The Bertz CT molecular complexity index is 533. The summed E-state index contributed by atoms with van der Waals surface area (Å²) in [5, 5.41) is 11.9. The molecule has 21 heavy (non-hydrogen) atoms. The molecule has 5 nitrogen and oxygen atoms in total. The van der Waals surface area contributed by atoms with Crippen LogP contribution in [0, 0.1) is 0 Å². The van der Waals surface area contributed by atoms with Crippen LogP contribution < -0.4 is 10.1 Å². The number of methoxy groups -OCH3 is 1. The zero-order valence-electron chi connectivity index (χ0n) is 12.6. The highest BCUT2D eigenvalue weighted by molar-refractivity contribution is 5.96. The summed E-state index contributed by atoms with van der Waals surface area (Å²) in [7, 11) is 1.55. The predicted octanol–water partition coefficient (Wildman–Crippen LogP) is 2.47. The summed E-state index contributed by atoms with van der Waals surface area (Å²) in [4.78, 5) is 23.3. The fraction of sp³-hybridized carbons (Fsp3) is 0.375. The normalized spacial score (nSPS) is 11.4. The smallest absolute Gasteiger partial charge is 0.329 e. The van der Waals surface area contributed by atoms with E-state index in [2.05, 4.69) is 5.32 Å². The highest BCUT2D eigenvalue weighted by Crippen LogP contribution is 2.19. The van der Waals surface area contributed by atoms with Crippen molar-refractivity contribution in [2.75, 3.05) is 7.11 Å². The van der Waals surface area contributed by atoms with Gasteiger partial charge in [0.05, 0.1) is 7.11 Å². The van der Waals surface area contributed by atoms with Crippen LogP contribution in [0.3, 0.4) is 0 Å². The molecule has 5 heteroatoms. The van der Waals surface area contributed by atoms with E-state index in [9.17, 15) is 14.7 Å². The van der Waals surface area contributed by atoms with Gasteiger partial charge in [-0.2, -0.15) is 0 Å². The Morgan fingerprint density at radius 3 is 2.43 bits per heavy atom. The number of aliphatic carboxylic acids is 1. The third-order valence-electron chi connectivity index (χ3n) is 3.53. The Hall–Kier alpha value is -2.30. The van der Waals surface area contributed by atoms with Crippen LogP contribution in [0.15, 0.2) is 30.3 Å². The highest BCUT2D eigenvalue weighted by atomic mass is 16.5. The molecule has 0 unspecified atom stereocenters. The Kier molecular flexibility index (Phi) is 5.96. The van der Waals surface area contributed by atoms with Crippen molar-refractivity contribution in [1.29, 1.82) is 0 Å².